The van der Waals surface area contributed by atoms with Gasteiger partial charge in [-0.3, -0.25) is 0 Å². The third-order valence-electron chi connectivity index (χ3n) is 3.74. The number of nitrogens with one attached hydrogen (secondary N) is 1. The molecule has 0 aliphatic carbocycles. The predicted octanol–water partition coefficient (Wildman–Crippen LogP) is 3.58. The second kappa shape index (κ2) is 7.87. The van der Waals surface area contributed by atoms with Crippen molar-refractivity contribution in [3.63, 3.8) is 0 Å². The molecule has 120 valence electrons. The molecule has 0 fully saturated rings. The summed E-state index contributed by atoms with van der Waals surface area (Å²) in [6.07, 6.45) is 1.52. The Morgan fingerprint density at radius 3 is 2.10 bits per heavy atom. The molecule has 0 radical (unpaired) electrons. The van der Waals surface area contributed by atoms with E-state index in [2.05, 4.69) is 33.0 Å². The van der Waals surface area contributed by atoms with Crippen LogP contribution >= 0.6 is 0 Å². The van der Waals surface area contributed by atoms with E-state index < -0.39 is 11.7 Å². The van der Waals surface area contributed by atoms with Gasteiger partial charge >= 0.3 is 6.09 Å². The van der Waals surface area contributed by atoms with Crippen LogP contribution in [0.5, 0.6) is 0 Å². The van der Waals surface area contributed by atoms with Crippen molar-refractivity contribution in [1.82, 2.24) is 5.32 Å². The number of ether oxygens (including phenoxy) is 1. The zero-order valence-electron chi connectivity index (χ0n) is 14.2. The van der Waals surface area contributed by atoms with E-state index in [9.17, 15) is 9.90 Å². The van der Waals surface area contributed by atoms with Crippen LogP contribution in [0.15, 0.2) is 0 Å². The first-order valence-electron chi connectivity index (χ1n) is 7.60. The third kappa shape index (κ3) is 7.13. The van der Waals surface area contributed by atoms with Crippen molar-refractivity contribution >= 4 is 6.09 Å². The molecule has 0 aromatic carbocycles. The lowest BCUT2D eigenvalue weighted by Gasteiger charge is -2.37. The van der Waals surface area contributed by atoms with Gasteiger partial charge < -0.3 is 15.2 Å². The zero-order valence-corrected chi connectivity index (χ0v) is 14.2. The fourth-order valence-electron chi connectivity index (χ4n) is 2.04. The summed E-state index contributed by atoms with van der Waals surface area (Å²) in [4.78, 5) is 11.8. The van der Waals surface area contributed by atoms with Gasteiger partial charge in [-0.2, -0.15) is 0 Å². The molecule has 0 saturated carbocycles. The van der Waals surface area contributed by atoms with Crippen molar-refractivity contribution in [3.05, 3.63) is 0 Å². The molecule has 0 bridgehead atoms. The van der Waals surface area contributed by atoms with Crippen molar-refractivity contribution in [1.29, 1.82) is 0 Å². The molecule has 4 nitrogen and oxygen atoms in total. The van der Waals surface area contributed by atoms with E-state index in [1.54, 1.807) is 0 Å². The Bertz CT molecular complexity index is 295. The van der Waals surface area contributed by atoms with Crippen LogP contribution < -0.4 is 5.32 Å². The molecule has 1 amide bonds. The first-order chi connectivity index (χ1) is 9.02. The molecule has 0 rings (SSSR count). The van der Waals surface area contributed by atoms with Gasteiger partial charge in [0.25, 0.3) is 0 Å². The van der Waals surface area contributed by atoms with Gasteiger partial charge in [0.05, 0.1) is 6.61 Å². The lowest BCUT2D eigenvalue weighted by molar-refractivity contribution is 0.0350. The molecule has 0 heterocycles. The number of aliphatic hydroxyl groups excluding tert-OH is 1. The first-order valence-corrected chi connectivity index (χ1v) is 7.60. The zero-order chi connectivity index (χ0) is 16.0. The maximum Gasteiger partial charge on any atom is 0.407 e. The number of carbonyl (C=O) groups excluding carboxylic acids is 1. The molecule has 4 heteroatoms. The van der Waals surface area contributed by atoms with Gasteiger partial charge in [-0.25, -0.2) is 4.79 Å². The van der Waals surface area contributed by atoms with Gasteiger partial charge in [-0.1, -0.05) is 34.1 Å². The van der Waals surface area contributed by atoms with Crippen molar-refractivity contribution in [2.45, 2.75) is 66.9 Å². The molecule has 0 aromatic rings. The Morgan fingerprint density at radius 1 is 1.20 bits per heavy atom. The van der Waals surface area contributed by atoms with E-state index in [0.717, 1.165) is 12.8 Å². The Balaban J connectivity index is 4.62. The minimum Gasteiger partial charge on any atom is -0.444 e. The van der Waals surface area contributed by atoms with Crippen LogP contribution in [0.2, 0.25) is 0 Å². The van der Waals surface area contributed by atoms with Crippen LogP contribution in [-0.2, 0) is 4.74 Å². The second-order valence-electron chi connectivity index (χ2n) is 7.46. The van der Waals surface area contributed by atoms with E-state index in [1.807, 2.05) is 20.8 Å². The number of rotatable bonds is 7. The minimum absolute atomic E-state index is 0.0766. The van der Waals surface area contributed by atoms with E-state index in [1.165, 1.54) is 0 Å². The molecule has 1 unspecified atom stereocenters. The second-order valence-corrected chi connectivity index (χ2v) is 7.46. The van der Waals surface area contributed by atoms with Gasteiger partial charge in [0.15, 0.2) is 0 Å². The number of hydrogen-bond acceptors (Lipinski definition) is 3. The Hall–Kier alpha value is -0.770. The highest BCUT2D eigenvalue weighted by Gasteiger charge is 2.34. The van der Waals surface area contributed by atoms with Crippen LogP contribution in [0.25, 0.3) is 0 Å². The fourth-order valence-corrected chi connectivity index (χ4v) is 2.04. The van der Waals surface area contributed by atoms with Crippen LogP contribution in [0, 0.1) is 17.3 Å². The highest BCUT2D eigenvalue weighted by atomic mass is 16.6. The Labute approximate surface area is 124 Å². The van der Waals surface area contributed by atoms with Crippen molar-refractivity contribution in [2.75, 3.05) is 13.2 Å². The third-order valence-corrected chi connectivity index (χ3v) is 3.74. The van der Waals surface area contributed by atoms with Gasteiger partial charge in [-0.05, 0) is 39.0 Å². The van der Waals surface area contributed by atoms with Crippen LogP contribution in [-0.4, -0.2) is 30.0 Å². The van der Waals surface area contributed by atoms with E-state index >= 15 is 0 Å². The molecule has 0 aromatic heterocycles. The van der Waals surface area contributed by atoms with E-state index in [-0.39, 0.29) is 12.0 Å². The fraction of sp³-hybridized carbons (Fsp3) is 0.938. The van der Waals surface area contributed by atoms with Crippen LogP contribution in [0.1, 0.15) is 61.3 Å². The minimum atomic E-state index is -0.498. The molecule has 0 aliphatic heterocycles. The van der Waals surface area contributed by atoms with E-state index in [0.29, 0.717) is 18.4 Å². The Kier molecular flexibility index (Phi) is 7.56. The predicted molar refractivity (Wildman–Crippen MR) is 82.7 cm³/mol. The monoisotopic (exact) mass is 287 g/mol. The number of aliphatic hydroxyl groups is 1. The number of hydrogen-bond donors (Lipinski definition) is 2. The standard InChI is InChI=1S/C16H33NO3/c1-12(2)8-9-16(11-18,13(3)4)10-17-14(19)20-15(5,6)7/h12-13,18H,8-11H2,1-7H3,(H,17,19). The maximum atomic E-state index is 11.8. The SMILES string of the molecule is CC(C)CCC(CO)(CNC(=O)OC(C)(C)C)C(C)C. The molecule has 2 N–H and O–H groups in total. The topological polar surface area (TPSA) is 58.6 Å². The van der Waals surface area contributed by atoms with Gasteiger partial charge in [0.2, 0.25) is 0 Å². The number of carbonyl (C=O) groups is 1. The summed E-state index contributed by atoms with van der Waals surface area (Å²) in [7, 11) is 0. The largest absolute Gasteiger partial charge is 0.444 e. The maximum absolute atomic E-state index is 11.8. The molecule has 20 heavy (non-hydrogen) atoms. The summed E-state index contributed by atoms with van der Waals surface area (Å²) in [5, 5.41) is 12.6. The summed E-state index contributed by atoms with van der Waals surface area (Å²) >= 11 is 0. The van der Waals surface area contributed by atoms with E-state index in [4.69, 9.17) is 4.74 Å². The highest BCUT2D eigenvalue weighted by molar-refractivity contribution is 5.67. The van der Waals surface area contributed by atoms with Crippen LogP contribution in [0.4, 0.5) is 4.79 Å². The molecule has 1 atom stereocenters. The van der Waals surface area contributed by atoms with Gasteiger partial charge in [-0.15, -0.1) is 0 Å². The molecule has 0 saturated heterocycles. The average Bonchev–Trinajstić information content (AvgIpc) is 2.26. The van der Waals surface area contributed by atoms with Crippen molar-refractivity contribution in [3.8, 4) is 0 Å². The summed E-state index contributed by atoms with van der Waals surface area (Å²) in [6.45, 7) is 14.6. The summed E-state index contributed by atoms with van der Waals surface area (Å²) in [5.74, 6) is 0.877. The lowest BCUT2D eigenvalue weighted by atomic mass is 9.73. The summed E-state index contributed by atoms with van der Waals surface area (Å²) in [6, 6.07) is 0. The smallest absolute Gasteiger partial charge is 0.407 e. The van der Waals surface area contributed by atoms with Gasteiger partial charge in [0.1, 0.15) is 5.60 Å². The highest BCUT2D eigenvalue weighted by Crippen LogP contribution is 2.33. The van der Waals surface area contributed by atoms with Gasteiger partial charge in [0, 0.05) is 12.0 Å². The molecule has 0 spiro atoms. The normalized spacial score (nSPS) is 15.3. The number of alkyl carbamates (subject to hydrolysis) is 1. The lowest BCUT2D eigenvalue weighted by Crippen LogP contribution is -2.45. The molecule has 0 aliphatic rings. The summed E-state index contributed by atoms with van der Waals surface area (Å²) in [5.41, 5.74) is -0.775. The average molecular weight is 287 g/mol. The molecular weight excluding hydrogens is 254 g/mol. The first kappa shape index (κ1) is 19.2. The summed E-state index contributed by atoms with van der Waals surface area (Å²) < 4.78 is 5.25. The van der Waals surface area contributed by atoms with Crippen LogP contribution in [0.3, 0.4) is 0 Å². The Morgan fingerprint density at radius 2 is 1.75 bits per heavy atom. The molecular formula is C16H33NO3. The quantitative estimate of drug-likeness (QED) is 0.752. The number of amides is 1. The van der Waals surface area contributed by atoms with Crippen molar-refractivity contribution in [2.24, 2.45) is 17.3 Å². The van der Waals surface area contributed by atoms with Crippen molar-refractivity contribution < 1.29 is 14.6 Å².